The van der Waals surface area contributed by atoms with Gasteiger partial charge in [0, 0.05) is 5.69 Å². The molecule has 0 saturated carbocycles. The summed E-state index contributed by atoms with van der Waals surface area (Å²) in [6.45, 7) is 1.99. The molecule has 0 atom stereocenters. The van der Waals surface area contributed by atoms with Gasteiger partial charge in [-0.05, 0) is 49.4 Å². The van der Waals surface area contributed by atoms with Gasteiger partial charge in [0.25, 0.3) is 5.91 Å². The first-order valence-corrected chi connectivity index (χ1v) is 7.66. The van der Waals surface area contributed by atoms with Crippen LogP contribution in [0.1, 0.15) is 27.6 Å². The van der Waals surface area contributed by atoms with Gasteiger partial charge in [-0.3, -0.25) is 4.79 Å². The van der Waals surface area contributed by atoms with Crippen LogP contribution in [-0.2, 0) is 4.79 Å². The molecule has 2 aromatic carbocycles. The molecule has 0 fully saturated rings. The quantitative estimate of drug-likeness (QED) is 0.662. The Balaban J connectivity index is 2.00. The molecule has 8 nitrogen and oxygen atoms in total. The maximum atomic E-state index is 11.9. The molecule has 136 valence electrons. The number of carbonyl (C=O) groups excluding carboxylic acids is 1. The average Bonchev–Trinajstić information content (AvgIpc) is 2.61. The first-order chi connectivity index (χ1) is 12.4. The second-order valence-corrected chi connectivity index (χ2v) is 5.15. The van der Waals surface area contributed by atoms with Crippen LogP contribution in [0, 0.1) is 0 Å². The Hall–Kier alpha value is -3.55. The third-order valence-electron chi connectivity index (χ3n) is 3.22. The molecule has 0 aliphatic heterocycles. The molecule has 2 rings (SSSR count). The number of hydrogen-bond donors (Lipinski definition) is 3. The first-order valence-electron chi connectivity index (χ1n) is 7.66. The lowest BCUT2D eigenvalue weighted by Crippen LogP contribution is -2.20. The lowest BCUT2D eigenvalue weighted by molar-refractivity contribution is -0.118. The molecular formula is C18H17NO7. The number of ether oxygens (including phenoxy) is 2. The lowest BCUT2D eigenvalue weighted by atomic mass is 10.1. The van der Waals surface area contributed by atoms with Gasteiger partial charge < -0.3 is 25.0 Å². The molecular weight excluding hydrogens is 342 g/mol. The zero-order valence-corrected chi connectivity index (χ0v) is 13.9. The molecule has 0 bridgehead atoms. The summed E-state index contributed by atoms with van der Waals surface area (Å²) in [5.41, 5.74) is 0.0474. The highest BCUT2D eigenvalue weighted by molar-refractivity contribution is 5.95. The average molecular weight is 359 g/mol. The molecule has 0 heterocycles. The van der Waals surface area contributed by atoms with E-state index in [1.807, 2.05) is 6.92 Å². The van der Waals surface area contributed by atoms with Crippen LogP contribution in [0.3, 0.4) is 0 Å². The summed E-state index contributed by atoms with van der Waals surface area (Å²) in [6.07, 6.45) is 0. The van der Waals surface area contributed by atoms with E-state index in [-0.39, 0.29) is 16.9 Å². The molecule has 3 N–H and O–H groups in total. The van der Waals surface area contributed by atoms with Gasteiger partial charge in [0.1, 0.15) is 11.5 Å². The van der Waals surface area contributed by atoms with E-state index in [4.69, 9.17) is 19.7 Å². The number of aromatic carboxylic acids is 2. The van der Waals surface area contributed by atoms with Crippen LogP contribution in [0.2, 0.25) is 0 Å². The van der Waals surface area contributed by atoms with Crippen LogP contribution in [0.25, 0.3) is 0 Å². The molecule has 0 unspecified atom stereocenters. The summed E-state index contributed by atoms with van der Waals surface area (Å²) >= 11 is 0. The Bertz CT molecular complexity index is 783. The molecule has 2 aromatic rings. The zero-order valence-electron chi connectivity index (χ0n) is 13.9. The molecule has 26 heavy (non-hydrogen) atoms. The fraction of sp³-hybridized carbons (Fsp3) is 0.167. The van der Waals surface area contributed by atoms with Crippen molar-refractivity contribution in [3.05, 3.63) is 53.6 Å². The van der Waals surface area contributed by atoms with Crippen LogP contribution in [-0.4, -0.2) is 41.3 Å². The SMILES string of the molecule is CCOc1ccc(NC(=O)COc2cc(C(=O)O)cc(C(=O)O)c2)cc1. The predicted octanol–water partition coefficient (Wildman–Crippen LogP) is 2.50. The van der Waals surface area contributed by atoms with E-state index >= 15 is 0 Å². The van der Waals surface area contributed by atoms with E-state index in [2.05, 4.69) is 5.32 Å². The molecule has 0 radical (unpaired) electrons. The second kappa shape index (κ2) is 8.52. The van der Waals surface area contributed by atoms with E-state index in [0.29, 0.717) is 18.0 Å². The van der Waals surface area contributed by atoms with E-state index < -0.39 is 24.5 Å². The van der Waals surface area contributed by atoms with E-state index in [1.54, 1.807) is 24.3 Å². The highest BCUT2D eigenvalue weighted by Crippen LogP contribution is 2.19. The van der Waals surface area contributed by atoms with Crippen LogP contribution >= 0.6 is 0 Å². The summed E-state index contributed by atoms with van der Waals surface area (Å²) in [6, 6.07) is 10.0. The van der Waals surface area contributed by atoms with Gasteiger partial charge in [0.15, 0.2) is 6.61 Å². The smallest absolute Gasteiger partial charge is 0.335 e. The van der Waals surface area contributed by atoms with E-state index in [1.165, 1.54) is 0 Å². The highest BCUT2D eigenvalue weighted by atomic mass is 16.5. The van der Waals surface area contributed by atoms with Gasteiger partial charge >= 0.3 is 11.9 Å². The number of carboxylic acids is 2. The Morgan fingerprint density at radius 2 is 1.46 bits per heavy atom. The Kier molecular flexibility index (Phi) is 6.15. The van der Waals surface area contributed by atoms with Crippen LogP contribution in [0.5, 0.6) is 11.5 Å². The fourth-order valence-corrected chi connectivity index (χ4v) is 2.08. The molecule has 8 heteroatoms. The first kappa shape index (κ1) is 18.8. The van der Waals surface area contributed by atoms with Crippen molar-refractivity contribution >= 4 is 23.5 Å². The van der Waals surface area contributed by atoms with Crippen LogP contribution in [0.15, 0.2) is 42.5 Å². The van der Waals surface area contributed by atoms with Gasteiger partial charge in [0.05, 0.1) is 17.7 Å². The van der Waals surface area contributed by atoms with Gasteiger partial charge in [0.2, 0.25) is 0 Å². The topological polar surface area (TPSA) is 122 Å². The van der Waals surface area contributed by atoms with Gasteiger partial charge in [-0.1, -0.05) is 0 Å². The minimum Gasteiger partial charge on any atom is -0.494 e. The monoisotopic (exact) mass is 359 g/mol. The number of nitrogens with one attached hydrogen (secondary N) is 1. The summed E-state index contributed by atoms with van der Waals surface area (Å²) in [4.78, 5) is 34.0. The number of rotatable bonds is 8. The molecule has 0 spiro atoms. The Morgan fingerprint density at radius 1 is 0.885 bits per heavy atom. The second-order valence-electron chi connectivity index (χ2n) is 5.15. The van der Waals surface area contributed by atoms with Crippen molar-refractivity contribution in [2.75, 3.05) is 18.5 Å². The lowest BCUT2D eigenvalue weighted by Gasteiger charge is -2.10. The van der Waals surface area contributed by atoms with Crippen molar-refractivity contribution in [1.82, 2.24) is 0 Å². The minimum absolute atomic E-state index is 0.0239. The van der Waals surface area contributed by atoms with Crippen LogP contribution < -0.4 is 14.8 Å². The molecule has 1 amide bonds. The Morgan fingerprint density at radius 3 is 1.96 bits per heavy atom. The number of amides is 1. The van der Waals surface area contributed by atoms with Crippen molar-refractivity contribution in [2.24, 2.45) is 0 Å². The van der Waals surface area contributed by atoms with Crippen molar-refractivity contribution in [2.45, 2.75) is 6.92 Å². The summed E-state index contributed by atoms with van der Waals surface area (Å²) in [5.74, 6) is -2.42. The molecule has 0 aliphatic carbocycles. The predicted molar refractivity (Wildman–Crippen MR) is 92.1 cm³/mol. The molecule has 0 saturated heterocycles. The fourth-order valence-electron chi connectivity index (χ4n) is 2.08. The summed E-state index contributed by atoms with van der Waals surface area (Å²) < 4.78 is 10.5. The maximum Gasteiger partial charge on any atom is 0.335 e. The highest BCUT2D eigenvalue weighted by Gasteiger charge is 2.13. The molecule has 0 aromatic heterocycles. The largest absolute Gasteiger partial charge is 0.494 e. The van der Waals surface area contributed by atoms with Crippen molar-refractivity contribution in [3.63, 3.8) is 0 Å². The summed E-state index contributed by atoms with van der Waals surface area (Å²) in [5, 5.41) is 20.6. The normalized spacial score (nSPS) is 10.0. The van der Waals surface area contributed by atoms with Gasteiger partial charge in [-0.25, -0.2) is 9.59 Å². The Labute approximate surface area is 149 Å². The third kappa shape index (κ3) is 5.23. The maximum absolute atomic E-state index is 11.9. The van der Waals surface area contributed by atoms with E-state index in [9.17, 15) is 14.4 Å². The standard InChI is InChI=1S/C18H17NO7/c1-2-25-14-5-3-13(4-6-14)19-16(20)10-26-15-8-11(17(21)22)7-12(9-15)18(23)24/h3-9H,2,10H2,1H3,(H,19,20)(H,21,22)(H,23,24). The zero-order chi connectivity index (χ0) is 19.1. The number of hydrogen-bond acceptors (Lipinski definition) is 5. The van der Waals surface area contributed by atoms with E-state index in [0.717, 1.165) is 18.2 Å². The van der Waals surface area contributed by atoms with Crippen molar-refractivity contribution < 1.29 is 34.1 Å². The van der Waals surface area contributed by atoms with Crippen molar-refractivity contribution in [3.8, 4) is 11.5 Å². The number of carboxylic acid groups (broad SMARTS) is 2. The summed E-state index contributed by atoms with van der Waals surface area (Å²) in [7, 11) is 0. The molecule has 0 aliphatic rings. The number of anilines is 1. The van der Waals surface area contributed by atoms with Crippen molar-refractivity contribution in [1.29, 1.82) is 0 Å². The van der Waals surface area contributed by atoms with Crippen LogP contribution in [0.4, 0.5) is 5.69 Å². The third-order valence-corrected chi connectivity index (χ3v) is 3.22. The minimum atomic E-state index is -1.29. The number of carbonyl (C=O) groups is 3. The number of benzene rings is 2. The van der Waals surface area contributed by atoms with Gasteiger partial charge in [-0.2, -0.15) is 0 Å². The van der Waals surface area contributed by atoms with Gasteiger partial charge in [-0.15, -0.1) is 0 Å².